The molecule has 4 rings (SSSR count). The number of halogens is 3. The van der Waals surface area contributed by atoms with Gasteiger partial charge in [0.25, 0.3) is 5.91 Å². The summed E-state index contributed by atoms with van der Waals surface area (Å²) < 4.78 is 97.0. The van der Waals surface area contributed by atoms with E-state index in [9.17, 15) is 30.9 Å². The average molecular weight is 664 g/mol. The van der Waals surface area contributed by atoms with Gasteiger partial charge in [0, 0.05) is 11.8 Å². The molecule has 0 bridgehead atoms. The van der Waals surface area contributed by atoms with Crippen molar-refractivity contribution in [3.8, 4) is 22.6 Å². The molecule has 15 heteroatoms. The molecule has 10 nitrogen and oxygen atoms in total. The van der Waals surface area contributed by atoms with Crippen molar-refractivity contribution in [1.82, 2.24) is 15.0 Å². The second-order valence-electron chi connectivity index (χ2n) is 9.61. The van der Waals surface area contributed by atoms with Crippen LogP contribution >= 0.6 is 7.82 Å². The van der Waals surface area contributed by atoms with Gasteiger partial charge in [-0.05, 0) is 41.5 Å². The van der Waals surface area contributed by atoms with Crippen LogP contribution in [0.3, 0.4) is 0 Å². The lowest BCUT2D eigenvalue weighted by atomic mass is 9.99. The number of benzene rings is 3. The number of carbonyl (C=O) groups is 1. The molecule has 4 aromatic rings. The smallest absolute Gasteiger partial charge is 0.395 e. The SMILES string of the molecule is CS(=O)(=O)NCc1ccc(-c2ccc(C(OP(=O)(Oc3ccccc3)Oc3ccccc3)C(CF)NC(=O)C(F)F)cc2)cn1. The molecule has 1 heterocycles. The molecule has 0 saturated heterocycles. The molecule has 1 amide bonds. The van der Waals surface area contributed by atoms with E-state index < -0.39 is 49.0 Å². The Morgan fingerprint density at radius 1 is 0.867 bits per heavy atom. The molecule has 0 radical (unpaired) electrons. The van der Waals surface area contributed by atoms with E-state index in [1.165, 1.54) is 42.6 Å². The lowest BCUT2D eigenvalue weighted by Crippen LogP contribution is -2.44. The molecule has 0 spiro atoms. The minimum Gasteiger partial charge on any atom is -0.395 e. The van der Waals surface area contributed by atoms with Gasteiger partial charge in [0.2, 0.25) is 10.0 Å². The van der Waals surface area contributed by atoms with Crippen LogP contribution in [0.1, 0.15) is 17.4 Å². The van der Waals surface area contributed by atoms with E-state index in [0.717, 1.165) is 6.26 Å². The van der Waals surface area contributed by atoms with Crippen LogP contribution < -0.4 is 19.1 Å². The molecule has 0 aliphatic carbocycles. The third-order valence-electron chi connectivity index (χ3n) is 6.13. The summed E-state index contributed by atoms with van der Waals surface area (Å²) in [7, 11) is -8.08. The number of carbonyl (C=O) groups excluding carboxylic acids is 1. The minimum absolute atomic E-state index is 0.00217. The first-order chi connectivity index (χ1) is 21.4. The summed E-state index contributed by atoms with van der Waals surface area (Å²) in [6, 6.07) is 23.5. The maximum atomic E-state index is 14.4. The highest BCUT2D eigenvalue weighted by molar-refractivity contribution is 7.88. The zero-order valence-electron chi connectivity index (χ0n) is 23.8. The number of pyridine rings is 1. The molecule has 2 atom stereocenters. The quantitative estimate of drug-likeness (QED) is 0.152. The highest BCUT2D eigenvalue weighted by Gasteiger charge is 2.40. The number of sulfonamides is 1. The molecule has 2 N–H and O–H groups in total. The van der Waals surface area contributed by atoms with Crippen LogP contribution in [0.5, 0.6) is 11.5 Å². The number of nitrogens with one attached hydrogen (secondary N) is 2. The Hall–Kier alpha value is -4.23. The zero-order valence-corrected chi connectivity index (χ0v) is 25.5. The first-order valence-corrected chi connectivity index (χ1v) is 16.7. The number of nitrogens with zero attached hydrogens (tertiary/aromatic N) is 1. The van der Waals surface area contributed by atoms with Gasteiger partial charge in [-0.1, -0.05) is 66.7 Å². The van der Waals surface area contributed by atoms with Gasteiger partial charge in [-0.3, -0.25) is 14.3 Å². The monoisotopic (exact) mass is 663 g/mol. The van der Waals surface area contributed by atoms with Crippen molar-refractivity contribution in [2.24, 2.45) is 0 Å². The van der Waals surface area contributed by atoms with Crippen molar-refractivity contribution in [2.45, 2.75) is 25.1 Å². The Morgan fingerprint density at radius 2 is 1.42 bits per heavy atom. The number of para-hydroxylation sites is 2. The number of amides is 1. The number of hydrogen-bond acceptors (Lipinski definition) is 8. The first-order valence-electron chi connectivity index (χ1n) is 13.4. The van der Waals surface area contributed by atoms with Crippen LogP contribution in [0, 0.1) is 0 Å². The molecule has 0 aliphatic rings. The topological polar surface area (TPSA) is 133 Å². The maximum absolute atomic E-state index is 14.4. The normalized spacial score (nSPS) is 13.2. The largest absolute Gasteiger partial charge is 0.588 e. The van der Waals surface area contributed by atoms with Gasteiger partial charge in [-0.25, -0.2) is 22.1 Å². The first kappa shape index (κ1) is 33.7. The van der Waals surface area contributed by atoms with Crippen molar-refractivity contribution in [1.29, 1.82) is 0 Å². The predicted octanol–water partition coefficient (Wildman–Crippen LogP) is 5.84. The van der Waals surface area contributed by atoms with E-state index >= 15 is 0 Å². The Morgan fingerprint density at radius 3 is 1.89 bits per heavy atom. The molecule has 2 unspecified atom stereocenters. The van der Waals surface area contributed by atoms with E-state index in [1.54, 1.807) is 60.7 Å². The molecule has 0 fully saturated rings. The van der Waals surface area contributed by atoms with Crippen LogP contribution in [-0.4, -0.2) is 44.7 Å². The van der Waals surface area contributed by atoms with Crippen LogP contribution in [0.4, 0.5) is 13.2 Å². The number of aromatic nitrogens is 1. The summed E-state index contributed by atoms with van der Waals surface area (Å²) in [5.74, 6) is -1.58. The predicted molar refractivity (Wildman–Crippen MR) is 161 cm³/mol. The Labute approximate surface area is 258 Å². The fourth-order valence-electron chi connectivity index (χ4n) is 4.00. The summed E-state index contributed by atoms with van der Waals surface area (Å²) in [5, 5.41) is 1.91. The third-order valence-corrected chi connectivity index (χ3v) is 8.16. The summed E-state index contributed by atoms with van der Waals surface area (Å²) >= 11 is 0. The van der Waals surface area contributed by atoms with Crippen molar-refractivity contribution in [3.63, 3.8) is 0 Å². The van der Waals surface area contributed by atoms with E-state index in [0.29, 0.717) is 16.8 Å². The minimum atomic E-state index is -4.68. The third kappa shape index (κ3) is 10.1. The summed E-state index contributed by atoms with van der Waals surface area (Å²) in [5.41, 5.74) is 1.90. The van der Waals surface area contributed by atoms with Crippen LogP contribution in [0.2, 0.25) is 0 Å². The summed E-state index contributed by atoms with van der Waals surface area (Å²) in [6.07, 6.45) is -2.51. The summed E-state index contributed by atoms with van der Waals surface area (Å²) in [4.78, 5) is 16.1. The highest BCUT2D eigenvalue weighted by atomic mass is 32.2. The van der Waals surface area contributed by atoms with Gasteiger partial charge in [0.1, 0.15) is 24.3 Å². The number of rotatable bonds is 15. The average Bonchev–Trinajstić information content (AvgIpc) is 3.02. The lowest BCUT2D eigenvalue weighted by Gasteiger charge is -2.29. The zero-order chi connectivity index (χ0) is 32.5. The molecular weight excluding hydrogens is 634 g/mol. The molecule has 1 aromatic heterocycles. The number of phosphoric ester groups is 1. The van der Waals surface area contributed by atoms with Gasteiger partial charge >= 0.3 is 14.2 Å². The second-order valence-corrected chi connectivity index (χ2v) is 12.9. The molecule has 3 aromatic carbocycles. The lowest BCUT2D eigenvalue weighted by molar-refractivity contribution is -0.133. The van der Waals surface area contributed by atoms with Gasteiger partial charge in [0.15, 0.2) is 0 Å². The highest BCUT2D eigenvalue weighted by Crippen LogP contribution is 2.53. The van der Waals surface area contributed by atoms with Crippen LogP contribution in [0.25, 0.3) is 11.1 Å². The van der Waals surface area contributed by atoms with Gasteiger partial charge in [-0.15, -0.1) is 0 Å². The fourth-order valence-corrected chi connectivity index (χ4v) is 5.84. The van der Waals surface area contributed by atoms with E-state index in [4.69, 9.17) is 13.6 Å². The van der Waals surface area contributed by atoms with Crippen molar-refractivity contribution < 1.29 is 44.5 Å². The Kier molecular flexibility index (Phi) is 11.3. The standard InChI is InChI=1S/C30H29F3N3O7PS/c1-45(39,40)35-20-24-17-16-23(19-34-24)21-12-14-22(15-13-21)28(27(18-31)36-30(37)29(32)33)43-44(38,41-25-8-4-2-5-9-25)42-26-10-6-3-7-11-26/h2-17,19,27-29,35H,18,20H2,1H3,(H,36,37). The second kappa shape index (κ2) is 15.2. The van der Waals surface area contributed by atoms with Crippen LogP contribution in [0.15, 0.2) is 103 Å². The Bertz CT molecular complexity index is 1660. The van der Waals surface area contributed by atoms with E-state index in [1.807, 2.05) is 5.32 Å². The fraction of sp³-hybridized carbons (Fsp3) is 0.200. The number of phosphoric acid groups is 1. The Balaban J connectivity index is 1.67. The molecule has 238 valence electrons. The molecule has 45 heavy (non-hydrogen) atoms. The van der Waals surface area contributed by atoms with Gasteiger partial charge < -0.3 is 14.4 Å². The molecule has 0 aliphatic heterocycles. The van der Waals surface area contributed by atoms with Crippen LogP contribution in [-0.2, 0) is 30.5 Å². The van der Waals surface area contributed by atoms with Crippen molar-refractivity contribution >= 4 is 23.8 Å². The van der Waals surface area contributed by atoms with Gasteiger partial charge in [-0.2, -0.15) is 8.78 Å². The maximum Gasteiger partial charge on any atom is 0.588 e. The van der Waals surface area contributed by atoms with Gasteiger partial charge in [0.05, 0.1) is 24.5 Å². The van der Waals surface area contributed by atoms with Crippen molar-refractivity contribution in [2.75, 3.05) is 12.9 Å². The molecular formula is C30H29F3N3O7PS. The van der Waals surface area contributed by atoms with E-state index in [-0.39, 0.29) is 23.6 Å². The van der Waals surface area contributed by atoms with Crippen molar-refractivity contribution in [3.05, 3.63) is 115 Å². The molecule has 0 saturated carbocycles. The number of hydrogen-bond donors (Lipinski definition) is 2. The van der Waals surface area contributed by atoms with E-state index in [2.05, 4.69) is 9.71 Å². The number of alkyl halides is 3. The summed E-state index contributed by atoms with van der Waals surface area (Å²) in [6.45, 7) is -1.36.